The number of hydrogen-bond donors (Lipinski definition) is 1. The Morgan fingerprint density at radius 3 is 2.53 bits per heavy atom. The summed E-state index contributed by atoms with van der Waals surface area (Å²) in [6, 6.07) is 12.8. The highest BCUT2D eigenvalue weighted by atomic mass is 16.3. The molecule has 0 fully saturated rings. The van der Waals surface area contributed by atoms with E-state index in [1.807, 2.05) is 6.92 Å². The molecule has 2 rings (SSSR count). The second kappa shape index (κ2) is 4.03. The predicted molar refractivity (Wildman–Crippen MR) is 64.2 cm³/mol. The molecule has 0 aliphatic rings. The average Bonchev–Trinajstić information content (AvgIpc) is 2.27. The van der Waals surface area contributed by atoms with Crippen LogP contribution in [0.25, 0.3) is 10.8 Å². The summed E-state index contributed by atoms with van der Waals surface area (Å²) in [5.41, 5.74) is 2.48. The number of aryl methyl sites for hydroxylation is 1. The minimum absolute atomic E-state index is 0.206. The van der Waals surface area contributed by atoms with Crippen molar-refractivity contribution in [1.29, 1.82) is 0 Å². The molecule has 0 spiro atoms. The van der Waals surface area contributed by atoms with Crippen LogP contribution in [0.3, 0.4) is 0 Å². The number of hydrogen-bond acceptors (Lipinski definition) is 1. The van der Waals surface area contributed by atoms with Gasteiger partial charge in [0.1, 0.15) is 0 Å². The minimum atomic E-state index is 0.206. The van der Waals surface area contributed by atoms with Crippen LogP contribution in [0.4, 0.5) is 0 Å². The lowest BCUT2D eigenvalue weighted by Crippen LogP contribution is -1.98. The molecule has 0 aliphatic heterocycles. The molecule has 1 atom stereocenters. The topological polar surface area (TPSA) is 20.2 Å². The third-order valence-electron chi connectivity index (χ3n) is 2.86. The zero-order chi connectivity index (χ0) is 10.8. The maximum absolute atomic E-state index is 9.11. The third-order valence-corrected chi connectivity index (χ3v) is 2.86. The van der Waals surface area contributed by atoms with Gasteiger partial charge in [-0.05, 0) is 23.3 Å². The van der Waals surface area contributed by atoms with Crippen LogP contribution >= 0.6 is 0 Å². The first kappa shape index (κ1) is 10.2. The average molecular weight is 200 g/mol. The van der Waals surface area contributed by atoms with Gasteiger partial charge in [-0.25, -0.2) is 0 Å². The van der Waals surface area contributed by atoms with Gasteiger partial charge in [0.25, 0.3) is 0 Å². The van der Waals surface area contributed by atoms with E-state index in [2.05, 4.69) is 43.3 Å². The van der Waals surface area contributed by atoms with E-state index in [1.165, 1.54) is 21.9 Å². The van der Waals surface area contributed by atoms with E-state index in [1.54, 1.807) is 0 Å². The van der Waals surface area contributed by atoms with Crippen molar-refractivity contribution in [3.63, 3.8) is 0 Å². The van der Waals surface area contributed by atoms with Crippen molar-refractivity contribution in [1.82, 2.24) is 0 Å². The van der Waals surface area contributed by atoms with Crippen LogP contribution in [0.5, 0.6) is 0 Å². The van der Waals surface area contributed by atoms with E-state index in [4.69, 9.17) is 5.11 Å². The summed E-state index contributed by atoms with van der Waals surface area (Å²) in [7, 11) is 0. The Bertz CT molecular complexity index is 474. The van der Waals surface area contributed by atoms with Crippen molar-refractivity contribution in [3.05, 3.63) is 47.5 Å². The van der Waals surface area contributed by atoms with Gasteiger partial charge in [-0.15, -0.1) is 0 Å². The quantitative estimate of drug-likeness (QED) is 0.789. The van der Waals surface area contributed by atoms with Gasteiger partial charge >= 0.3 is 0 Å². The maximum Gasteiger partial charge on any atom is 0.0497 e. The van der Waals surface area contributed by atoms with Gasteiger partial charge in [-0.3, -0.25) is 0 Å². The smallest absolute Gasteiger partial charge is 0.0497 e. The fraction of sp³-hybridized carbons (Fsp3) is 0.286. The summed E-state index contributed by atoms with van der Waals surface area (Å²) in [5, 5.41) is 11.6. The largest absolute Gasteiger partial charge is 0.396 e. The Labute approximate surface area is 90.4 Å². The minimum Gasteiger partial charge on any atom is -0.396 e. The summed E-state index contributed by atoms with van der Waals surface area (Å²) in [6.45, 7) is 4.34. The van der Waals surface area contributed by atoms with Crippen molar-refractivity contribution in [2.75, 3.05) is 6.61 Å². The monoisotopic (exact) mass is 200 g/mol. The summed E-state index contributed by atoms with van der Waals surface area (Å²) in [4.78, 5) is 0. The lowest BCUT2D eigenvalue weighted by atomic mass is 9.98. The molecule has 1 nitrogen and oxygen atoms in total. The van der Waals surface area contributed by atoms with Gasteiger partial charge in [-0.1, -0.05) is 48.9 Å². The molecule has 2 aromatic rings. The van der Waals surface area contributed by atoms with Crippen molar-refractivity contribution >= 4 is 10.8 Å². The van der Waals surface area contributed by atoms with Crippen LogP contribution in [0.2, 0.25) is 0 Å². The third kappa shape index (κ3) is 2.02. The van der Waals surface area contributed by atoms with Crippen molar-refractivity contribution in [2.45, 2.75) is 19.8 Å². The van der Waals surface area contributed by atoms with Crippen LogP contribution in [-0.4, -0.2) is 11.7 Å². The molecule has 0 aliphatic carbocycles. The van der Waals surface area contributed by atoms with Crippen LogP contribution in [0.1, 0.15) is 24.0 Å². The zero-order valence-corrected chi connectivity index (χ0v) is 9.20. The summed E-state index contributed by atoms with van der Waals surface area (Å²) in [6.07, 6.45) is 0. The van der Waals surface area contributed by atoms with Gasteiger partial charge in [0, 0.05) is 12.5 Å². The summed E-state index contributed by atoms with van der Waals surface area (Å²) in [5.74, 6) is 0.218. The van der Waals surface area contributed by atoms with Crippen LogP contribution in [-0.2, 0) is 0 Å². The zero-order valence-electron chi connectivity index (χ0n) is 9.20. The molecule has 0 bridgehead atoms. The van der Waals surface area contributed by atoms with Crippen molar-refractivity contribution < 1.29 is 5.11 Å². The molecule has 78 valence electrons. The number of aliphatic hydroxyl groups excluding tert-OH is 1. The van der Waals surface area contributed by atoms with E-state index in [-0.39, 0.29) is 12.5 Å². The van der Waals surface area contributed by atoms with Crippen molar-refractivity contribution in [2.24, 2.45) is 0 Å². The van der Waals surface area contributed by atoms with E-state index < -0.39 is 0 Å². The molecule has 1 heteroatoms. The molecule has 2 aromatic carbocycles. The molecule has 1 unspecified atom stereocenters. The second-order valence-electron chi connectivity index (χ2n) is 4.19. The molecule has 0 aromatic heterocycles. The molecule has 0 heterocycles. The normalized spacial score (nSPS) is 13.0. The molecule has 15 heavy (non-hydrogen) atoms. The Morgan fingerprint density at radius 1 is 1.07 bits per heavy atom. The molecule has 1 N–H and O–H groups in total. The van der Waals surface area contributed by atoms with Crippen LogP contribution in [0.15, 0.2) is 36.4 Å². The Kier molecular flexibility index (Phi) is 2.74. The molecular weight excluding hydrogens is 184 g/mol. The number of fused-ring (bicyclic) bond motifs is 1. The number of rotatable bonds is 2. The van der Waals surface area contributed by atoms with E-state index in [0.717, 1.165) is 0 Å². The number of benzene rings is 2. The maximum atomic E-state index is 9.11. The first-order valence-corrected chi connectivity index (χ1v) is 5.32. The highest BCUT2D eigenvalue weighted by Gasteiger charge is 2.04. The van der Waals surface area contributed by atoms with Gasteiger partial charge in [0.05, 0.1) is 0 Å². The Morgan fingerprint density at radius 2 is 1.80 bits per heavy atom. The van der Waals surface area contributed by atoms with Crippen molar-refractivity contribution in [3.8, 4) is 0 Å². The fourth-order valence-electron chi connectivity index (χ4n) is 1.80. The lowest BCUT2D eigenvalue weighted by Gasteiger charge is -2.09. The summed E-state index contributed by atoms with van der Waals surface area (Å²) >= 11 is 0. The van der Waals surface area contributed by atoms with E-state index >= 15 is 0 Å². The fourth-order valence-corrected chi connectivity index (χ4v) is 1.80. The molecule has 0 saturated heterocycles. The molecule has 0 saturated carbocycles. The van der Waals surface area contributed by atoms with Crippen LogP contribution < -0.4 is 0 Å². The highest BCUT2D eigenvalue weighted by molar-refractivity contribution is 5.83. The van der Waals surface area contributed by atoms with Gasteiger partial charge in [-0.2, -0.15) is 0 Å². The first-order valence-electron chi connectivity index (χ1n) is 5.32. The Balaban J connectivity index is 2.54. The van der Waals surface area contributed by atoms with E-state index in [0.29, 0.717) is 0 Å². The van der Waals surface area contributed by atoms with Crippen LogP contribution in [0, 0.1) is 6.92 Å². The SMILES string of the molecule is Cc1ccc2ccc(C(C)CO)cc2c1. The van der Waals surface area contributed by atoms with Gasteiger partial charge in [0.15, 0.2) is 0 Å². The predicted octanol–water partition coefficient (Wildman–Crippen LogP) is 3.24. The second-order valence-corrected chi connectivity index (χ2v) is 4.19. The van der Waals surface area contributed by atoms with Gasteiger partial charge in [0.2, 0.25) is 0 Å². The molecule has 0 amide bonds. The first-order chi connectivity index (χ1) is 7.20. The Hall–Kier alpha value is -1.34. The summed E-state index contributed by atoms with van der Waals surface area (Å²) < 4.78 is 0. The number of aliphatic hydroxyl groups is 1. The van der Waals surface area contributed by atoms with Gasteiger partial charge < -0.3 is 5.11 Å². The standard InChI is InChI=1S/C14H16O/c1-10-3-4-12-5-6-13(11(2)9-15)8-14(12)7-10/h3-8,11,15H,9H2,1-2H3. The lowest BCUT2D eigenvalue weighted by molar-refractivity contribution is 0.273. The molecular formula is C14H16O. The van der Waals surface area contributed by atoms with E-state index in [9.17, 15) is 0 Å². The molecule has 0 radical (unpaired) electrons. The highest BCUT2D eigenvalue weighted by Crippen LogP contribution is 2.22.